The van der Waals surface area contributed by atoms with Crippen LogP contribution in [0.15, 0.2) is 29.8 Å². The molecule has 0 aliphatic carbocycles. The van der Waals surface area contributed by atoms with Gasteiger partial charge in [-0.2, -0.15) is 5.26 Å². The van der Waals surface area contributed by atoms with Gasteiger partial charge in [0.2, 0.25) is 0 Å². The van der Waals surface area contributed by atoms with Gasteiger partial charge < -0.3 is 14.8 Å². The molecule has 0 bridgehead atoms. The first-order valence-corrected chi connectivity index (χ1v) is 8.70. The summed E-state index contributed by atoms with van der Waals surface area (Å²) in [4.78, 5) is 24.2. The summed E-state index contributed by atoms with van der Waals surface area (Å²) in [6.45, 7) is 9.66. The first kappa shape index (κ1) is 22.2. The number of nitriles is 1. The highest BCUT2D eigenvalue weighted by Crippen LogP contribution is 2.26. The van der Waals surface area contributed by atoms with Crippen LogP contribution in [0.2, 0.25) is 0 Å². The second kappa shape index (κ2) is 9.22. The van der Waals surface area contributed by atoms with Crippen LogP contribution in [-0.2, 0) is 14.3 Å². The molecule has 0 spiro atoms. The number of hydrogen-bond acceptors (Lipinski definition) is 5. The lowest BCUT2D eigenvalue weighted by Crippen LogP contribution is -2.47. The number of nitrogens with one attached hydrogen (secondary N) is 1. The molecule has 0 atom stereocenters. The van der Waals surface area contributed by atoms with Crippen molar-refractivity contribution in [1.29, 1.82) is 5.26 Å². The summed E-state index contributed by atoms with van der Waals surface area (Å²) < 4.78 is 10.0. The quantitative estimate of drug-likeness (QED) is 0.450. The average Bonchev–Trinajstić information content (AvgIpc) is 2.55. The minimum atomic E-state index is -0.836. The van der Waals surface area contributed by atoms with Crippen molar-refractivity contribution in [2.75, 3.05) is 13.7 Å². The molecule has 1 rings (SSSR count). The number of amides is 1. The summed E-state index contributed by atoms with van der Waals surface area (Å²) in [6.07, 6.45) is 2.17. The molecule has 0 unspecified atom stereocenters. The van der Waals surface area contributed by atoms with Crippen LogP contribution < -0.4 is 10.1 Å². The lowest BCUT2D eigenvalue weighted by molar-refractivity contribution is -0.145. The zero-order chi connectivity index (χ0) is 20.7. The van der Waals surface area contributed by atoms with Crippen LogP contribution in [0.25, 0.3) is 6.08 Å². The molecule has 0 saturated heterocycles. The molecule has 6 heteroatoms. The molecule has 6 nitrogen and oxygen atoms in total. The molecular weight excluding hydrogens is 344 g/mol. The Bertz CT molecular complexity index is 735. The minimum absolute atomic E-state index is 0.0442. The van der Waals surface area contributed by atoms with Gasteiger partial charge in [0.1, 0.15) is 17.4 Å². The topological polar surface area (TPSA) is 88.4 Å². The van der Waals surface area contributed by atoms with Gasteiger partial charge in [-0.25, -0.2) is 4.79 Å². The van der Waals surface area contributed by atoms with Gasteiger partial charge in [0.15, 0.2) is 6.61 Å². The number of nitrogens with zero attached hydrogens (tertiary/aromatic N) is 1. The Morgan fingerprint density at radius 3 is 2.22 bits per heavy atom. The number of methoxy groups -OCH3 is 1. The van der Waals surface area contributed by atoms with E-state index in [2.05, 4.69) is 26.1 Å². The smallest absolute Gasteiger partial charge is 0.349 e. The van der Waals surface area contributed by atoms with E-state index in [4.69, 9.17) is 9.47 Å². The molecule has 0 aromatic heterocycles. The van der Waals surface area contributed by atoms with Crippen molar-refractivity contribution in [3.8, 4) is 11.8 Å². The van der Waals surface area contributed by atoms with Gasteiger partial charge in [-0.15, -0.1) is 0 Å². The molecular formula is C21H28N2O4. The second-order valence-electron chi connectivity index (χ2n) is 8.19. The predicted molar refractivity (Wildman–Crippen MR) is 104 cm³/mol. The third-order valence-electron chi connectivity index (χ3n) is 3.55. The van der Waals surface area contributed by atoms with E-state index >= 15 is 0 Å². The minimum Gasteiger partial charge on any atom is -0.497 e. The van der Waals surface area contributed by atoms with Crippen molar-refractivity contribution >= 4 is 18.0 Å². The molecule has 1 aromatic rings. The third-order valence-corrected chi connectivity index (χ3v) is 3.55. The van der Waals surface area contributed by atoms with Gasteiger partial charge in [0.05, 0.1) is 7.11 Å². The molecule has 27 heavy (non-hydrogen) atoms. The molecule has 0 radical (unpaired) electrons. The molecule has 0 fully saturated rings. The zero-order valence-corrected chi connectivity index (χ0v) is 16.9. The van der Waals surface area contributed by atoms with E-state index in [1.165, 1.54) is 6.08 Å². The highest BCUT2D eigenvalue weighted by molar-refractivity contribution is 5.98. The largest absolute Gasteiger partial charge is 0.497 e. The Hall–Kier alpha value is -2.81. The maximum absolute atomic E-state index is 12.1. The normalized spacial score (nSPS) is 12.1. The average molecular weight is 372 g/mol. The summed E-state index contributed by atoms with van der Waals surface area (Å²) in [7, 11) is 1.55. The van der Waals surface area contributed by atoms with Crippen LogP contribution in [0.5, 0.6) is 5.75 Å². The Morgan fingerprint density at radius 1 is 1.15 bits per heavy atom. The summed E-state index contributed by atoms with van der Waals surface area (Å²) in [5.74, 6) is -0.570. The van der Waals surface area contributed by atoms with Crippen LogP contribution >= 0.6 is 0 Å². The van der Waals surface area contributed by atoms with Crippen LogP contribution in [0.4, 0.5) is 0 Å². The molecule has 0 aliphatic rings. The monoisotopic (exact) mass is 372 g/mol. The van der Waals surface area contributed by atoms with Crippen molar-refractivity contribution < 1.29 is 19.1 Å². The SMILES string of the molecule is COc1ccc(/C=C(\C#N)C(=O)OCC(=O)NC(C)(C)CC(C)(C)C)cc1. The van der Waals surface area contributed by atoms with E-state index in [1.54, 1.807) is 37.4 Å². The molecule has 1 N–H and O–H groups in total. The second-order valence-corrected chi connectivity index (χ2v) is 8.19. The summed E-state index contributed by atoms with van der Waals surface area (Å²) in [5, 5.41) is 12.0. The van der Waals surface area contributed by atoms with Crippen molar-refractivity contribution in [3.05, 3.63) is 35.4 Å². The summed E-state index contributed by atoms with van der Waals surface area (Å²) in [5.41, 5.74) is 0.0864. The van der Waals surface area contributed by atoms with E-state index in [9.17, 15) is 14.9 Å². The highest BCUT2D eigenvalue weighted by atomic mass is 16.5. The Balaban J connectivity index is 2.66. The highest BCUT2D eigenvalue weighted by Gasteiger charge is 2.27. The van der Waals surface area contributed by atoms with Gasteiger partial charge >= 0.3 is 5.97 Å². The molecule has 1 aromatic carbocycles. The molecule has 146 valence electrons. The summed E-state index contributed by atoms with van der Waals surface area (Å²) >= 11 is 0. The van der Waals surface area contributed by atoms with Crippen LogP contribution in [0.1, 0.15) is 46.6 Å². The lowest BCUT2D eigenvalue weighted by atomic mass is 9.82. The van der Waals surface area contributed by atoms with E-state index < -0.39 is 24.0 Å². The van der Waals surface area contributed by atoms with E-state index in [0.717, 1.165) is 6.42 Å². The van der Waals surface area contributed by atoms with Gasteiger partial charge in [-0.05, 0) is 49.5 Å². The van der Waals surface area contributed by atoms with E-state index in [-0.39, 0.29) is 11.0 Å². The summed E-state index contributed by atoms with van der Waals surface area (Å²) in [6, 6.07) is 8.67. The molecule has 0 heterocycles. The van der Waals surface area contributed by atoms with Crippen LogP contribution in [0.3, 0.4) is 0 Å². The van der Waals surface area contributed by atoms with E-state index in [0.29, 0.717) is 11.3 Å². The lowest BCUT2D eigenvalue weighted by Gasteiger charge is -2.33. The van der Waals surface area contributed by atoms with E-state index in [1.807, 2.05) is 13.8 Å². The number of ether oxygens (including phenoxy) is 2. The van der Waals surface area contributed by atoms with Crippen LogP contribution in [-0.4, -0.2) is 31.1 Å². The van der Waals surface area contributed by atoms with Gasteiger partial charge in [-0.1, -0.05) is 32.9 Å². The molecule has 0 saturated carbocycles. The van der Waals surface area contributed by atoms with Gasteiger partial charge in [0.25, 0.3) is 5.91 Å². The standard InChI is InChI=1S/C21H28N2O4/c1-20(2,3)14-21(4,5)23-18(24)13-27-19(25)16(12-22)11-15-7-9-17(26-6)10-8-15/h7-11H,13-14H2,1-6H3,(H,23,24)/b16-11+. The van der Waals surface area contributed by atoms with Gasteiger partial charge in [0, 0.05) is 5.54 Å². The fraction of sp³-hybridized carbons (Fsp3) is 0.476. The first-order valence-electron chi connectivity index (χ1n) is 8.70. The maximum atomic E-state index is 12.1. The van der Waals surface area contributed by atoms with Crippen molar-refractivity contribution in [2.24, 2.45) is 5.41 Å². The Labute approximate surface area is 161 Å². The Kier molecular flexibility index (Phi) is 7.59. The number of rotatable bonds is 7. The van der Waals surface area contributed by atoms with Crippen molar-refractivity contribution in [1.82, 2.24) is 5.32 Å². The fourth-order valence-electron chi connectivity index (χ4n) is 3.00. The number of carbonyl (C=O) groups excluding carboxylic acids is 2. The third kappa shape index (κ3) is 8.41. The van der Waals surface area contributed by atoms with Gasteiger partial charge in [-0.3, -0.25) is 4.79 Å². The fourth-order valence-corrected chi connectivity index (χ4v) is 3.00. The number of benzene rings is 1. The zero-order valence-electron chi connectivity index (χ0n) is 16.9. The van der Waals surface area contributed by atoms with Crippen LogP contribution in [0, 0.1) is 16.7 Å². The first-order chi connectivity index (χ1) is 12.5. The number of hydrogen-bond donors (Lipinski definition) is 1. The molecule has 0 aliphatic heterocycles. The van der Waals surface area contributed by atoms with Crippen molar-refractivity contribution in [3.63, 3.8) is 0 Å². The predicted octanol–water partition coefficient (Wildman–Crippen LogP) is 3.48. The van der Waals surface area contributed by atoms with Crippen molar-refractivity contribution in [2.45, 2.75) is 46.6 Å². The maximum Gasteiger partial charge on any atom is 0.349 e. The number of carbonyl (C=O) groups is 2. The Morgan fingerprint density at radius 2 is 1.74 bits per heavy atom. The number of esters is 1. The molecule has 1 amide bonds.